The van der Waals surface area contributed by atoms with E-state index in [0.29, 0.717) is 45.2 Å². The van der Waals surface area contributed by atoms with Crippen LogP contribution in [0.4, 0.5) is 5.69 Å². The summed E-state index contributed by atoms with van der Waals surface area (Å²) in [6.07, 6.45) is 1.43. The molecular weight excluding hydrogens is 543 g/mol. The lowest BCUT2D eigenvalue weighted by molar-refractivity contribution is -0.112. The zero-order valence-electron chi connectivity index (χ0n) is 18.2. The van der Waals surface area contributed by atoms with Crippen LogP contribution in [0.5, 0.6) is 17.2 Å². The van der Waals surface area contributed by atoms with Crippen LogP contribution in [0.1, 0.15) is 11.1 Å². The molecule has 34 heavy (non-hydrogen) atoms. The number of ether oxygens (including phenoxy) is 3. The largest absolute Gasteiger partial charge is 0.495 e. The highest BCUT2D eigenvalue weighted by Gasteiger charge is 2.16. The van der Waals surface area contributed by atoms with Gasteiger partial charge in [0.1, 0.15) is 35.5 Å². The number of benzene rings is 3. The number of halogens is 3. The molecule has 0 heterocycles. The Bertz CT molecular complexity index is 1270. The molecule has 3 aromatic rings. The Kier molecular flexibility index (Phi) is 8.83. The average molecular weight is 562 g/mol. The van der Waals surface area contributed by atoms with E-state index in [-0.39, 0.29) is 5.57 Å². The molecule has 0 unspecified atom stereocenters. The summed E-state index contributed by atoms with van der Waals surface area (Å²) >= 11 is 15.9. The predicted octanol–water partition coefficient (Wildman–Crippen LogP) is 6.90. The van der Waals surface area contributed by atoms with Crippen molar-refractivity contribution >= 4 is 56.8 Å². The maximum absolute atomic E-state index is 12.7. The van der Waals surface area contributed by atoms with Crippen molar-refractivity contribution in [3.63, 3.8) is 0 Å². The lowest BCUT2D eigenvalue weighted by atomic mass is 10.1. The average Bonchev–Trinajstić information content (AvgIpc) is 2.83. The summed E-state index contributed by atoms with van der Waals surface area (Å²) in [5.41, 5.74) is 1.73. The van der Waals surface area contributed by atoms with E-state index < -0.39 is 5.91 Å². The van der Waals surface area contributed by atoms with Crippen molar-refractivity contribution in [2.45, 2.75) is 6.61 Å². The van der Waals surface area contributed by atoms with E-state index in [1.165, 1.54) is 32.4 Å². The van der Waals surface area contributed by atoms with Gasteiger partial charge in [0.15, 0.2) is 0 Å². The van der Waals surface area contributed by atoms with Crippen molar-refractivity contribution < 1.29 is 19.0 Å². The van der Waals surface area contributed by atoms with Crippen molar-refractivity contribution in [1.82, 2.24) is 0 Å². The molecule has 0 fully saturated rings. The molecule has 0 radical (unpaired) electrons. The summed E-state index contributed by atoms with van der Waals surface area (Å²) < 4.78 is 17.2. The second-order valence-electron chi connectivity index (χ2n) is 6.92. The first-order chi connectivity index (χ1) is 16.3. The molecule has 0 bridgehead atoms. The number of carbonyl (C=O) groups is 1. The second-order valence-corrected chi connectivity index (χ2v) is 8.65. The van der Waals surface area contributed by atoms with E-state index in [0.717, 1.165) is 10.0 Å². The Balaban J connectivity index is 1.76. The van der Waals surface area contributed by atoms with Crippen LogP contribution in [0.25, 0.3) is 6.08 Å². The van der Waals surface area contributed by atoms with Crippen molar-refractivity contribution in [1.29, 1.82) is 5.26 Å². The van der Waals surface area contributed by atoms with E-state index in [9.17, 15) is 10.1 Å². The van der Waals surface area contributed by atoms with Crippen LogP contribution in [-0.4, -0.2) is 20.1 Å². The number of amides is 1. The molecule has 1 amide bonds. The van der Waals surface area contributed by atoms with Gasteiger partial charge in [0.05, 0.1) is 30.0 Å². The van der Waals surface area contributed by atoms with Crippen LogP contribution in [0.2, 0.25) is 10.0 Å². The first-order valence-corrected chi connectivity index (χ1v) is 11.4. The van der Waals surface area contributed by atoms with Gasteiger partial charge in [-0.05, 0) is 41.5 Å². The van der Waals surface area contributed by atoms with Gasteiger partial charge in [-0.1, -0.05) is 57.3 Å². The molecule has 1 N–H and O–H groups in total. The Morgan fingerprint density at radius 1 is 1.00 bits per heavy atom. The Morgan fingerprint density at radius 3 is 2.29 bits per heavy atom. The topological polar surface area (TPSA) is 80.6 Å². The minimum Gasteiger partial charge on any atom is -0.495 e. The first-order valence-electron chi connectivity index (χ1n) is 9.86. The molecule has 6 nitrogen and oxygen atoms in total. The van der Waals surface area contributed by atoms with E-state index in [1.54, 1.807) is 18.2 Å². The SMILES string of the molecule is COc1cc(NC(=O)/C(C#N)=C/c2ccc(OCc3ccc(Br)cc3)c(Cl)c2)c(OC)cc1Cl. The fourth-order valence-electron chi connectivity index (χ4n) is 2.93. The quantitative estimate of drug-likeness (QED) is 0.239. The van der Waals surface area contributed by atoms with E-state index in [2.05, 4.69) is 21.2 Å². The first kappa shape index (κ1) is 25.4. The zero-order valence-corrected chi connectivity index (χ0v) is 21.3. The van der Waals surface area contributed by atoms with Crippen LogP contribution in [-0.2, 0) is 11.4 Å². The van der Waals surface area contributed by atoms with Crippen LogP contribution in [0, 0.1) is 11.3 Å². The summed E-state index contributed by atoms with van der Waals surface area (Å²) in [6.45, 7) is 0.348. The van der Waals surface area contributed by atoms with Gasteiger partial charge in [0, 0.05) is 16.6 Å². The number of hydrogen-bond donors (Lipinski definition) is 1. The van der Waals surface area contributed by atoms with Crippen LogP contribution < -0.4 is 19.5 Å². The molecule has 0 aliphatic carbocycles. The maximum Gasteiger partial charge on any atom is 0.266 e. The van der Waals surface area contributed by atoms with Crippen molar-refractivity contribution in [3.05, 3.63) is 85.8 Å². The van der Waals surface area contributed by atoms with Gasteiger partial charge in [-0.2, -0.15) is 5.26 Å². The van der Waals surface area contributed by atoms with Crippen molar-refractivity contribution in [2.24, 2.45) is 0 Å². The van der Waals surface area contributed by atoms with Crippen LogP contribution in [0.3, 0.4) is 0 Å². The Labute approximate surface area is 215 Å². The number of hydrogen-bond acceptors (Lipinski definition) is 5. The number of nitriles is 1. The molecule has 0 atom stereocenters. The fourth-order valence-corrected chi connectivity index (χ4v) is 3.67. The third-order valence-corrected chi connectivity index (χ3v) is 5.78. The van der Waals surface area contributed by atoms with E-state index in [4.69, 9.17) is 37.4 Å². The summed E-state index contributed by atoms with van der Waals surface area (Å²) in [5.74, 6) is 0.539. The summed E-state index contributed by atoms with van der Waals surface area (Å²) in [6, 6.07) is 17.7. The fraction of sp³-hybridized carbons (Fsp3) is 0.120. The lowest BCUT2D eigenvalue weighted by Gasteiger charge is -2.13. The number of methoxy groups -OCH3 is 2. The highest BCUT2D eigenvalue weighted by Crippen LogP contribution is 2.36. The van der Waals surface area contributed by atoms with Gasteiger partial charge in [-0.3, -0.25) is 4.79 Å². The molecule has 9 heteroatoms. The van der Waals surface area contributed by atoms with Crippen LogP contribution in [0.15, 0.2) is 64.6 Å². The van der Waals surface area contributed by atoms with Crippen LogP contribution >= 0.6 is 39.1 Å². The van der Waals surface area contributed by atoms with Gasteiger partial charge in [-0.25, -0.2) is 0 Å². The maximum atomic E-state index is 12.7. The van der Waals surface area contributed by atoms with Gasteiger partial charge < -0.3 is 19.5 Å². The molecule has 0 aromatic heterocycles. The number of nitrogens with zero attached hydrogens (tertiary/aromatic N) is 1. The minimum atomic E-state index is -0.628. The van der Waals surface area contributed by atoms with Gasteiger partial charge in [-0.15, -0.1) is 0 Å². The molecule has 0 spiro atoms. The summed E-state index contributed by atoms with van der Waals surface area (Å²) in [4.78, 5) is 12.7. The normalized spacial score (nSPS) is 10.9. The van der Waals surface area contributed by atoms with Gasteiger partial charge in [0.25, 0.3) is 5.91 Å². The third-order valence-electron chi connectivity index (χ3n) is 4.66. The Hall–Kier alpha value is -3.18. The van der Waals surface area contributed by atoms with E-state index in [1.807, 2.05) is 30.3 Å². The molecule has 0 aliphatic rings. The number of rotatable bonds is 8. The molecule has 0 aliphatic heterocycles. The molecule has 0 saturated carbocycles. The summed E-state index contributed by atoms with van der Waals surface area (Å²) in [7, 11) is 2.90. The number of nitrogens with one attached hydrogen (secondary N) is 1. The molecular formula is C25H19BrCl2N2O4. The standard InChI is InChI=1S/C25H19BrCl2N2O4/c1-32-23-12-21(24(33-2)11-20(23)28)30-25(31)17(13-29)9-16-5-8-22(19(27)10-16)34-14-15-3-6-18(26)7-4-15/h3-12H,14H2,1-2H3,(H,30,31)/b17-9+. The minimum absolute atomic E-state index is 0.129. The highest BCUT2D eigenvalue weighted by molar-refractivity contribution is 9.10. The molecule has 3 rings (SSSR count). The van der Waals surface area contributed by atoms with Crippen molar-refractivity contribution in [2.75, 3.05) is 19.5 Å². The smallest absolute Gasteiger partial charge is 0.266 e. The third kappa shape index (κ3) is 6.45. The predicted molar refractivity (Wildman–Crippen MR) is 137 cm³/mol. The zero-order chi connectivity index (χ0) is 24.7. The molecule has 3 aromatic carbocycles. The van der Waals surface area contributed by atoms with Gasteiger partial charge in [0.2, 0.25) is 0 Å². The van der Waals surface area contributed by atoms with Crippen molar-refractivity contribution in [3.8, 4) is 23.3 Å². The highest BCUT2D eigenvalue weighted by atomic mass is 79.9. The second kappa shape index (κ2) is 11.8. The van der Waals surface area contributed by atoms with Gasteiger partial charge >= 0.3 is 0 Å². The number of anilines is 1. The molecule has 0 saturated heterocycles. The molecule has 174 valence electrons. The lowest BCUT2D eigenvalue weighted by Crippen LogP contribution is -2.14. The number of carbonyl (C=O) groups excluding carboxylic acids is 1. The summed E-state index contributed by atoms with van der Waals surface area (Å²) in [5, 5.41) is 12.9. The monoisotopic (exact) mass is 560 g/mol. The van der Waals surface area contributed by atoms with E-state index >= 15 is 0 Å². The Morgan fingerprint density at radius 2 is 1.68 bits per heavy atom.